The van der Waals surface area contributed by atoms with Crippen LogP contribution in [-0.2, 0) is 90.7 Å². The number of aliphatic hydroxyl groups excluding tert-OH is 7. The van der Waals surface area contributed by atoms with Gasteiger partial charge in [-0.15, -0.1) is 0 Å². The topological polar surface area (TPSA) is 521 Å². The molecule has 0 bridgehead atoms. The quantitative estimate of drug-likeness (QED) is 0.00701. The number of aliphatic hydroxyl groups is 7. The van der Waals surface area contributed by atoms with Gasteiger partial charge in [-0.1, -0.05) is 0 Å². The number of carboxylic acid groups (broad SMARTS) is 2. The zero-order chi connectivity index (χ0) is 47.1. The maximum Gasteiger partial charge on any atom is 1.00 e. The SMILES string of the molecule is C[C@H]1O[C@@H](C(=O)O)[C@@H](O[C@@H]2OC(CO)[C@H](O[C@@H]3OC(C(=O)O)[C@H](O[C@@H]4OC(CO)[C@H](O)[C@H](O)C4NSOO[O-])[C@H](O)C3OS(=O)(=O)[O-])[C@H](O)C2NSOO[O-])C(O)C1OS(=O)(=O)[O-].[Na+].[Na+].[Na+].[Na+]. The maximum absolute atomic E-state index is 12.6. The summed E-state index contributed by atoms with van der Waals surface area (Å²) in [6, 6.07) is -3.81. The van der Waals surface area contributed by atoms with Crippen LogP contribution in [0.1, 0.15) is 6.92 Å². The monoisotopic (exact) mass is 1100 g/mol. The van der Waals surface area contributed by atoms with Crippen LogP contribution in [0.2, 0.25) is 0 Å². The molecule has 4 aliphatic heterocycles. The van der Waals surface area contributed by atoms with Crippen molar-refractivity contribution in [3.05, 3.63) is 0 Å². The summed E-state index contributed by atoms with van der Waals surface area (Å²) in [6.07, 6.45) is -40.2. The van der Waals surface area contributed by atoms with Gasteiger partial charge in [-0.3, -0.25) is 18.4 Å². The molecule has 67 heavy (non-hydrogen) atoms. The van der Waals surface area contributed by atoms with Gasteiger partial charge in [0.15, 0.2) is 37.2 Å². The van der Waals surface area contributed by atoms with Crippen molar-refractivity contribution >= 4 is 57.2 Å². The van der Waals surface area contributed by atoms with Gasteiger partial charge in [0, 0.05) is 0 Å². The molecule has 11 N–H and O–H groups in total. The van der Waals surface area contributed by atoms with Gasteiger partial charge in [-0.25, -0.2) is 35.9 Å². The summed E-state index contributed by atoms with van der Waals surface area (Å²) in [6.45, 7) is -1.29. The van der Waals surface area contributed by atoms with Gasteiger partial charge in [-0.2, -0.15) is 8.67 Å². The summed E-state index contributed by atoms with van der Waals surface area (Å²) in [5.41, 5.74) is 0. The Morgan fingerprint density at radius 3 is 1.40 bits per heavy atom. The van der Waals surface area contributed by atoms with E-state index < -0.39 is 168 Å². The number of carboxylic acids is 2. The minimum absolute atomic E-state index is 0. The minimum atomic E-state index is -5.98. The summed E-state index contributed by atoms with van der Waals surface area (Å²) >= 11 is -0.187. The molecule has 0 spiro atoms. The zero-order valence-corrected chi connectivity index (χ0v) is 46.3. The van der Waals surface area contributed by atoms with Crippen molar-refractivity contribution in [2.75, 3.05) is 13.2 Å². The molecule has 368 valence electrons. The van der Waals surface area contributed by atoms with Crippen molar-refractivity contribution in [2.45, 2.75) is 129 Å². The average Bonchev–Trinajstić information content (AvgIpc) is 3.19. The van der Waals surface area contributed by atoms with Crippen LogP contribution in [-0.4, -0.2) is 220 Å². The summed E-state index contributed by atoms with van der Waals surface area (Å²) in [5.74, 6) is -3.92. The normalized spacial score (nSPS) is 39.1. The number of aliphatic carboxylic acids is 2. The molecular weight excluding hydrogens is 1060 g/mol. The predicted molar refractivity (Wildman–Crippen MR) is 177 cm³/mol. The van der Waals surface area contributed by atoms with Crippen LogP contribution in [0.25, 0.3) is 0 Å². The Balaban J connectivity index is 0.0000109. The molecule has 0 saturated carbocycles. The van der Waals surface area contributed by atoms with E-state index in [0.29, 0.717) is 0 Å². The Bertz CT molecular complexity index is 1730. The number of nitrogens with one attached hydrogen (secondary N) is 2. The average molecular weight is 1100 g/mol. The van der Waals surface area contributed by atoms with Crippen molar-refractivity contribution in [2.24, 2.45) is 0 Å². The van der Waals surface area contributed by atoms with Gasteiger partial charge in [0.05, 0.1) is 31.4 Å². The number of hydrogen-bond acceptors (Lipinski definition) is 34. The molecule has 0 aromatic rings. The van der Waals surface area contributed by atoms with Crippen LogP contribution in [0.5, 0.6) is 0 Å². The smallest absolute Gasteiger partial charge is 0.726 e. The molecule has 0 aromatic heterocycles. The van der Waals surface area contributed by atoms with E-state index in [1.165, 1.54) is 0 Å². The van der Waals surface area contributed by atoms with E-state index in [2.05, 4.69) is 36.6 Å². The molecule has 4 aliphatic rings. The van der Waals surface area contributed by atoms with Gasteiger partial charge in [0.25, 0.3) is 0 Å². The van der Waals surface area contributed by atoms with E-state index in [9.17, 15) is 92.0 Å². The molecular formula is C25H38N2Na4O32S4. The van der Waals surface area contributed by atoms with Crippen LogP contribution in [0.15, 0.2) is 0 Å². The van der Waals surface area contributed by atoms with E-state index >= 15 is 0 Å². The molecule has 34 nitrogen and oxygen atoms in total. The first kappa shape index (κ1) is 69.5. The second-order valence-electron chi connectivity index (χ2n) is 13.2. The first-order valence-corrected chi connectivity index (χ1v) is 21.3. The summed E-state index contributed by atoms with van der Waals surface area (Å²) in [5, 5.41) is 122. The molecule has 42 heteroatoms. The third-order valence-corrected chi connectivity index (χ3v) is 11.3. The molecule has 4 saturated heterocycles. The Morgan fingerprint density at radius 1 is 0.567 bits per heavy atom. The van der Waals surface area contributed by atoms with Crippen LogP contribution in [0.3, 0.4) is 0 Å². The van der Waals surface area contributed by atoms with Crippen LogP contribution in [0, 0.1) is 0 Å². The van der Waals surface area contributed by atoms with Gasteiger partial charge in [0.2, 0.25) is 20.8 Å². The van der Waals surface area contributed by atoms with E-state index in [0.717, 1.165) is 6.92 Å². The van der Waals surface area contributed by atoms with Crippen LogP contribution < -0.4 is 138 Å². The standard InChI is InChI=1S/C25H42N2O32S4.4Na/c1-4-14(54-62(41,42)43)12(33)16(19(47-4)21(35)36)51-24-8(27-61-59-57-40)11(32)15(6(3-29)49-24)50-25-18(55-63(44,45)46)13(34)17(20(53-25)22(37)38)52-23-7(26-60-58-56-39)10(31)9(30)5(2-28)48-23;;;;/h4-20,23-34,39-40H,2-3H2,1H3,(H,35,36)(H,37,38)(H,41,42,43)(H,44,45,46);;;;/q;4*+1/p-4/t4-,5?,6?,7?,8?,9+,10-,11-,12?,13+,14?,15+,16+,17-,18?,19-,20?,23+,24+,25-;;;;/m1..../s1. The third kappa shape index (κ3) is 18.9. The van der Waals surface area contributed by atoms with Crippen molar-refractivity contribution < 1.29 is 271 Å². The predicted octanol–water partition coefficient (Wildman–Crippen LogP) is -22.7. The fourth-order valence-electron chi connectivity index (χ4n) is 6.62. The van der Waals surface area contributed by atoms with Gasteiger partial charge < -0.3 is 98.7 Å². The van der Waals surface area contributed by atoms with Gasteiger partial charge in [0.1, 0.15) is 91.6 Å². The number of ether oxygens (including phenoxy) is 7. The van der Waals surface area contributed by atoms with E-state index in [-0.39, 0.29) is 143 Å². The molecule has 4 heterocycles. The van der Waals surface area contributed by atoms with E-state index in [1.54, 1.807) is 0 Å². The number of hydrogen-bond donors (Lipinski definition) is 11. The summed E-state index contributed by atoms with van der Waals surface area (Å²) in [4.78, 5) is 24.7. The van der Waals surface area contributed by atoms with E-state index in [1.807, 2.05) is 0 Å². The van der Waals surface area contributed by atoms with Crippen molar-refractivity contribution in [3.8, 4) is 0 Å². The second-order valence-corrected chi connectivity index (χ2v) is 16.3. The maximum atomic E-state index is 12.6. The van der Waals surface area contributed by atoms with Gasteiger partial charge >= 0.3 is 130 Å². The fourth-order valence-corrected chi connectivity index (χ4v) is 8.50. The van der Waals surface area contributed by atoms with Crippen molar-refractivity contribution in [1.82, 2.24) is 9.44 Å². The fraction of sp³-hybridized carbons (Fsp3) is 0.920. The van der Waals surface area contributed by atoms with E-state index in [4.69, 9.17) is 33.2 Å². The van der Waals surface area contributed by atoms with Crippen LogP contribution >= 0.6 is 24.5 Å². The molecule has 0 radical (unpaired) electrons. The molecule has 0 aliphatic carbocycles. The largest absolute Gasteiger partial charge is 1.00 e. The van der Waals surface area contributed by atoms with Crippen molar-refractivity contribution in [3.63, 3.8) is 0 Å². The first-order chi connectivity index (χ1) is 29.5. The van der Waals surface area contributed by atoms with Gasteiger partial charge in [-0.05, 0) is 6.92 Å². The first-order valence-electron chi connectivity index (χ1n) is 17.2. The Hall–Kier alpha value is 2.50. The second kappa shape index (κ2) is 31.5. The third-order valence-electron chi connectivity index (χ3n) is 9.36. The molecule has 8 unspecified atom stereocenters. The minimum Gasteiger partial charge on any atom is -0.726 e. The van der Waals surface area contributed by atoms with Crippen LogP contribution in [0.4, 0.5) is 0 Å². The zero-order valence-electron chi connectivity index (χ0n) is 35.0. The Kier molecular flexibility index (Phi) is 32.7. The summed E-state index contributed by atoms with van der Waals surface area (Å²) < 4.78 is 129. The summed E-state index contributed by atoms with van der Waals surface area (Å²) in [7, 11) is -11.6. The Labute approximate surface area is 474 Å². The molecule has 20 atom stereocenters. The molecule has 0 aromatic carbocycles. The Morgan fingerprint density at radius 2 is 0.970 bits per heavy atom. The molecule has 0 amide bonds. The molecule has 4 rings (SSSR count). The number of carbonyl (C=O) groups is 2. The van der Waals surface area contributed by atoms with Crippen molar-refractivity contribution in [1.29, 1.82) is 0 Å². The number of rotatable bonds is 22. The molecule has 4 fully saturated rings.